The first-order valence-electron chi connectivity index (χ1n) is 12.0. The molecule has 2 aromatic carbocycles. The molecule has 38 heavy (non-hydrogen) atoms. The molecule has 0 saturated heterocycles. The highest BCUT2D eigenvalue weighted by molar-refractivity contribution is 7.07. The molecule has 0 unspecified atom stereocenters. The number of nitrogens with zero attached hydrogens (tertiary/aromatic N) is 3. The largest absolute Gasteiger partial charge is 0.496 e. The number of carbonyl (C=O) groups excluding carboxylic acids is 1. The second kappa shape index (κ2) is 11.1. The van der Waals surface area contributed by atoms with Crippen molar-refractivity contribution >= 4 is 29.1 Å². The maximum atomic E-state index is 13.9. The predicted octanol–water partition coefficient (Wildman–Crippen LogP) is 2.89. The van der Waals surface area contributed by atoms with Gasteiger partial charge in [-0.1, -0.05) is 23.5 Å². The summed E-state index contributed by atoms with van der Waals surface area (Å²) in [4.78, 5) is 34.1. The average molecular weight is 538 g/mol. The molecule has 0 N–H and O–H groups in total. The van der Waals surface area contributed by atoms with Crippen molar-refractivity contribution in [2.75, 3.05) is 46.9 Å². The molecule has 1 aliphatic rings. The summed E-state index contributed by atoms with van der Waals surface area (Å²) in [5.41, 5.74) is 3.00. The zero-order valence-corrected chi connectivity index (χ0v) is 23.3. The van der Waals surface area contributed by atoms with Crippen LogP contribution in [-0.4, -0.2) is 52.6 Å². The zero-order valence-electron chi connectivity index (χ0n) is 22.5. The van der Waals surface area contributed by atoms with Crippen molar-refractivity contribution < 1.29 is 23.7 Å². The molecule has 0 fully saturated rings. The number of anilines is 1. The van der Waals surface area contributed by atoms with E-state index >= 15 is 0 Å². The van der Waals surface area contributed by atoms with E-state index < -0.39 is 12.0 Å². The van der Waals surface area contributed by atoms with Crippen LogP contribution >= 0.6 is 11.3 Å². The summed E-state index contributed by atoms with van der Waals surface area (Å²) in [7, 11) is 8.54. The van der Waals surface area contributed by atoms with E-state index in [1.54, 1.807) is 58.0 Å². The van der Waals surface area contributed by atoms with Crippen molar-refractivity contribution in [1.29, 1.82) is 0 Å². The first-order valence-corrected chi connectivity index (χ1v) is 12.8. The zero-order chi connectivity index (χ0) is 27.6. The van der Waals surface area contributed by atoms with E-state index in [4.69, 9.17) is 18.9 Å². The van der Waals surface area contributed by atoms with Gasteiger partial charge in [0.1, 0.15) is 5.75 Å². The molecule has 1 aliphatic heterocycles. The fourth-order valence-electron chi connectivity index (χ4n) is 4.37. The van der Waals surface area contributed by atoms with Crippen molar-refractivity contribution in [3.05, 3.63) is 78.5 Å². The molecule has 3 aromatic rings. The number of hydrogen-bond acceptors (Lipinski definition) is 9. The molecule has 0 amide bonds. The number of esters is 1. The van der Waals surface area contributed by atoms with Gasteiger partial charge in [-0.2, -0.15) is 0 Å². The predicted molar refractivity (Wildman–Crippen MR) is 147 cm³/mol. The lowest BCUT2D eigenvalue weighted by molar-refractivity contribution is -0.139. The molecule has 10 heteroatoms. The van der Waals surface area contributed by atoms with Crippen molar-refractivity contribution in [3.63, 3.8) is 0 Å². The molecular formula is C28H31N3O6S. The average Bonchev–Trinajstić information content (AvgIpc) is 3.21. The second-order valence-electron chi connectivity index (χ2n) is 8.74. The standard InChI is InChI=1S/C28H31N3O6S/c1-8-37-27(33)24-16(2)29-28-31(25(24)17-9-11-19(12-10-17)30(3)4)26(32)23(38-28)14-18-13-21(35-6)22(36-7)15-20(18)34-5/h9-15,25H,8H2,1-7H3/b23-14+/t25-/m1/s1. The highest BCUT2D eigenvalue weighted by Crippen LogP contribution is 2.35. The summed E-state index contributed by atoms with van der Waals surface area (Å²) in [5.74, 6) is 1.05. The molecule has 1 atom stereocenters. The van der Waals surface area contributed by atoms with Crippen LogP contribution in [0, 0.1) is 0 Å². The van der Waals surface area contributed by atoms with Gasteiger partial charge < -0.3 is 23.8 Å². The van der Waals surface area contributed by atoms with E-state index in [1.807, 2.05) is 43.3 Å². The van der Waals surface area contributed by atoms with Crippen LogP contribution in [0.1, 0.15) is 31.0 Å². The highest BCUT2D eigenvalue weighted by atomic mass is 32.1. The van der Waals surface area contributed by atoms with Gasteiger partial charge in [0.2, 0.25) is 0 Å². The number of benzene rings is 2. The SMILES string of the molecule is CCOC(=O)C1=C(C)N=c2s/c(=C/c3cc(OC)c(OC)cc3OC)c(=O)n2[C@@H]1c1ccc(N(C)C)cc1. The van der Waals surface area contributed by atoms with Gasteiger partial charge in [-0.3, -0.25) is 9.36 Å². The Hall–Kier alpha value is -4.05. The number of allylic oxidation sites excluding steroid dienone is 1. The maximum absolute atomic E-state index is 13.9. The molecule has 2 heterocycles. The van der Waals surface area contributed by atoms with E-state index in [2.05, 4.69) is 4.99 Å². The first-order chi connectivity index (χ1) is 18.2. The van der Waals surface area contributed by atoms with Crippen LogP contribution in [0.4, 0.5) is 5.69 Å². The van der Waals surface area contributed by atoms with Gasteiger partial charge in [-0.05, 0) is 43.7 Å². The molecule has 0 spiro atoms. The topological polar surface area (TPSA) is 91.6 Å². The molecular weight excluding hydrogens is 506 g/mol. The summed E-state index contributed by atoms with van der Waals surface area (Å²) >= 11 is 1.24. The van der Waals surface area contributed by atoms with Crippen LogP contribution in [0.5, 0.6) is 17.2 Å². The Balaban J connectivity index is 1.95. The molecule has 9 nitrogen and oxygen atoms in total. The number of aromatic nitrogens is 1. The quantitative estimate of drug-likeness (QED) is 0.408. The van der Waals surface area contributed by atoms with E-state index in [0.717, 1.165) is 11.3 Å². The van der Waals surface area contributed by atoms with E-state index in [1.165, 1.54) is 11.3 Å². The molecule has 0 radical (unpaired) electrons. The van der Waals surface area contributed by atoms with Gasteiger partial charge in [0, 0.05) is 31.4 Å². The Morgan fingerprint density at radius 1 is 1.05 bits per heavy atom. The summed E-state index contributed by atoms with van der Waals surface area (Å²) in [6.45, 7) is 3.73. The summed E-state index contributed by atoms with van der Waals surface area (Å²) in [6.07, 6.45) is 1.74. The lowest BCUT2D eigenvalue weighted by atomic mass is 9.95. The first kappa shape index (κ1) is 27.0. The Bertz CT molecular complexity index is 1570. The number of fused-ring (bicyclic) bond motifs is 1. The monoisotopic (exact) mass is 537 g/mol. The number of thiazole rings is 1. The lowest BCUT2D eigenvalue weighted by Gasteiger charge is -2.25. The number of hydrogen-bond donors (Lipinski definition) is 0. The minimum absolute atomic E-state index is 0.214. The van der Waals surface area contributed by atoms with Crippen LogP contribution in [0.15, 0.2) is 57.5 Å². The number of rotatable bonds is 8. The van der Waals surface area contributed by atoms with E-state index in [-0.39, 0.29) is 12.2 Å². The van der Waals surface area contributed by atoms with Crippen molar-refractivity contribution in [2.45, 2.75) is 19.9 Å². The summed E-state index contributed by atoms with van der Waals surface area (Å²) in [5, 5.41) is 0. The lowest BCUT2D eigenvalue weighted by Crippen LogP contribution is -2.40. The number of carbonyl (C=O) groups is 1. The van der Waals surface area contributed by atoms with Crippen LogP contribution in [0.2, 0.25) is 0 Å². The van der Waals surface area contributed by atoms with E-state index in [0.29, 0.717) is 43.4 Å². The molecule has 200 valence electrons. The van der Waals surface area contributed by atoms with Crippen LogP contribution in [-0.2, 0) is 9.53 Å². The molecule has 1 aromatic heterocycles. The van der Waals surface area contributed by atoms with Gasteiger partial charge in [-0.15, -0.1) is 0 Å². The molecule has 0 bridgehead atoms. The van der Waals surface area contributed by atoms with Gasteiger partial charge in [0.15, 0.2) is 16.3 Å². The van der Waals surface area contributed by atoms with Crippen LogP contribution < -0.4 is 34.0 Å². The fourth-order valence-corrected chi connectivity index (χ4v) is 5.41. The van der Waals surface area contributed by atoms with Gasteiger partial charge in [0.05, 0.1) is 49.8 Å². The minimum atomic E-state index is -0.684. The minimum Gasteiger partial charge on any atom is -0.496 e. The number of ether oxygens (including phenoxy) is 4. The summed E-state index contributed by atoms with van der Waals surface area (Å²) in [6, 6.07) is 10.5. The fraction of sp³-hybridized carbons (Fsp3) is 0.321. The second-order valence-corrected chi connectivity index (χ2v) is 9.75. The summed E-state index contributed by atoms with van der Waals surface area (Å²) < 4.78 is 23.7. The van der Waals surface area contributed by atoms with Crippen molar-refractivity contribution in [2.24, 2.45) is 4.99 Å². The Morgan fingerprint density at radius 2 is 1.68 bits per heavy atom. The van der Waals surface area contributed by atoms with Gasteiger partial charge >= 0.3 is 5.97 Å². The Morgan fingerprint density at radius 3 is 2.26 bits per heavy atom. The van der Waals surface area contributed by atoms with Gasteiger partial charge in [-0.25, -0.2) is 9.79 Å². The van der Waals surface area contributed by atoms with Crippen molar-refractivity contribution in [3.8, 4) is 17.2 Å². The molecule has 4 rings (SSSR count). The Kier molecular flexibility index (Phi) is 7.91. The molecule has 0 aliphatic carbocycles. The van der Waals surface area contributed by atoms with Crippen molar-refractivity contribution in [1.82, 2.24) is 4.57 Å². The smallest absolute Gasteiger partial charge is 0.338 e. The number of methoxy groups -OCH3 is 3. The third-order valence-corrected chi connectivity index (χ3v) is 7.25. The van der Waals surface area contributed by atoms with Crippen LogP contribution in [0.25, 0.3) is 6.08 Å². The third kappa shape index (κ3) is 4.91. The molecule has 0 saturated carbocycles. The highest BCUT2D eigenvalue weighted by Gasteiger charge is 2.33. The van der Waals surface area contributed by atoms with Gasteiger partial charge in [0.25, 0.3) is 5.56 Å². The third-order valence-electron chi connectivity index (χ3n) is 6.26. The normalized spacial score (nSPS) is 15.0. The maximum Gasteiger partial charge on any atom is 0.338 e. The van der Waals surface area contributed by atoms with E-state index in [9.17, 15) is 9.59 Å². The van der Waals surface area contributed by atoms with Crippen LogP contribution in [0.3, 0.4) is 0 Å². The Labute approximate surface area is 224 Å².